The van der Waals surface area contributed by atoms with Gasteiger partial charge in [0.2, 0.25) is 0 Å². The average molecular weight is 284 g/mol. The number of rotatable bonds is 6. The summed E-state index contributed by atoms with van der Waals surface area (Å²) < 4.78 is 0. The van der Waals surface area contributed by atoms with Gasteiger partial charge < -0.3 is 5.11 Å². The molecule has 20 heavy (non-hydrogen) atoms. The number of aliphatic hydroxyl groups is 1. The van der Waals surface area contributed by atoms with Crippen LogP contribution in [0.25, 0.3) is 0 Å². The summed E-state index contributed by atoms with van der Waals surface area (Å²) in [6, 6.07) is 16.1. The first-order chi connectivity index (χ1) is 9.86. The summed E-state index contributed by atoms with van der Waals surface area (Å²) in [5.41, 5.74) is 2.07. The van der Waals surface area contributed by atoms with Crippen LogP contribution in [0.5, 0.6) is 0 Å². The van der Waals surface area contributed by atoms with E-state index >= 15 is 0 Å². The smallest absolute Gasteiger partial charge is 0.0873 e. The van der Waals surface area contributed by atoms with Gasteiger partial charge in [0.1, 0.15) is 0 Å². The molecule has 0 amide bonds. The Morgan fingerprint density at radius 1 is 1.10 bits per heavy atom. The molecule has 2 rings (SSSR count). The van der Waals surface area contributed by atoms with Crippen LogP contribution in [-0.2, 0) is 0 Å². The van der Waals surface area contributed by atoms with Crippen LogP contribution in [0.4, 0.5) is 0 Å². The van der Waals surface area contributed by atoms with Gasteiger partial charge in [0.05, 0.1) is 18.6 Å². The maximum atomic E-state index is 9.56. The molecule has 0 bridgehead atoms. The molecule has 0 aliphatic rings. The van der Waals surface area contributed by atoms with Gasteiger partial charge in [0, 0.05) is 23.4 Å². The van der Waals surface area contributed by atoms with Crippen LogP contribution >= 0.6 is 11.8 Å². The minimum Gasteiger partial charge on any atom is -0.396 e. The van der Waals surface area contributed by atoms with Gasteiger partial charge in [0.25, 0.3) is 0 Å². The highest BCUT2D eigenvalue weighted by atomic mass is 32.2. The Labute approximate surface area is 123 Å². The lowest BCUT2D eigenvalue weighted by Crippen LogP contribution is -2.08. The summed E-state index contributed by atoms with van der Waals surface area (Å²) in [6.07, 6.45) is 3.41. The number of pyridine rings is 1. The van der Waals surface area contributed by atoms with Crippen molar-refractivity contribution in [1.82, 2.24) is 4.98 Å². The molecule has 4 heteroatoms. The lowest BCUT2D eigenvalue weighted by atomic mass is 9.93. The summed E-state index contributed by atoms with van der Waals surface area (Å²) in [7, 11) is 0. The van der Waals surface area contributed by atoms with Crippen LogP contribution < -0.4 is 0 Å². The van der Waals surface area contributed by atoms with E-state index in [-0.39, 0.29) is 17.8 Å². The first-order valence-electron chi connectivity index (χ1n) is 6.43. The van der Waals surface area contributed by atoms with E-state index in [1.165, 1.54) is 0 Å². The van der Waals surface area contributed by atoms with Crippen molar-refractivity contribution in [3.8, 4) is 6.07 Å². The second-order valence-electron chi connectivity index (χ2n) is 4.31. The number of hydrogen-bond donors (Lipinski definition) is 1. The van der Waals surface area contributed by atoms with Gasteiger partial charge in [-0.2, -0.15) is 5.26 Å². The first kappa shape index (κ1) is 14.6. The Kier molecular flexibility index (Phi) is 5.60. The molecule has 2 atom stereocenters. The van der Waals surface area contributed by atoms with Crippen LogP contribution in [0.1, 0.15) is 22.3 Å². The minimum atomic E-state index is -0.253. The summed E-state index contributed by atoms with van der Waals surface area (Å²) in [6.45, 7) is 0.114. The number of aliphatic hydroxyl groups excluding tert-OH is 1. The molecule has 2 unspecified atom stereocenters. The zero-order valence-corrected chi connectivity index (χ0v) is 11.8. The van der Waals surface area contributed by atoms with Crippen LogP contribution in [-0.4, -0.2) is 22.5 Å². The van der Waals surface area contributed by atoms with Crippen molar-refractivity contribution in [3.63, 3.8) is 0 Å². The fourth-order valence-electron chi connectivity index (χ4n) is 2.10. The number of nitriles is 1. The summed E-state index contributed by atoms with van der Waals surface area (Å²) in [5.74, 6) is 0.361. The monoisotopic (exact) mass is 284 g/mol. The van der Waals surface area contributed by atoms with Gasteiger partial charge in [-0.05, 0) is 23.3 Å². The Hall–Kier alpha value is -1.83. The quantitative estimate of drug-likeness (QED) is 0.885. The van der Waals surface area contributed by atoms with Crippen molar-refractivity contribution >= 4 is 11.8 Å². The maximum Gasteiger partial charge on any atom is 0.0873 e. The van der Waals surface area contributed by atoms with Crippen LogP contribution in [0.3, 0.4) is 0 Å². The summed E-state index contributed by atoms with van der Waals surface area (Å²) >= 11 is 1.61. The second kappa shape index (κ2) is 7.68. The highest BCUT2D eigenvalue weighted by Gasteiger charge is 2.24. The molecule has 1 aromatic heterocycles. The molecule has 0 fully saturated rings. The van der Waals surface area contributed by atoms with Crippen molar-refractivity contribution in [3.05, 3.63) is 66.0 Å². The molecule has 102 valence electrons. The molecular formula is C16H16N2OS. The van der Waals surface area contributed by atoms with E-state index in [0.717, 1.165) is 11.1 Å². The third-order valence-corrected chi connectivity index (χ3v) is 4.35. The topological polar surface area (TPSA) is 56.9 Å². The van der Waals surface area contributed by atoms with E-state index in [1.807, 2.05) is 42.5 Å². The van der Waals surface area contributed by atoms with Gasteiger partial charge >= 0.3 is 0 Å². The molecule has 0 radical (unpaired) electrons. The van der Waals surface area contributed by atoms with Crippen molar-refractivity contribution in [1.29, 1.82) is 5.26 Å². The third-order valence-electron chi connectivity index (χ3n) is 3.02. The Bertz CT molecular complexity index is 554. The number of benzene rings is 1. The van der Waals surface area contributed by atoms with E-state index in [2.05, 4.69) is 11.1 Å². The van der Waals surface area contributed by atoms with Gasteiger partial charge in [-0.3, -0.25) is 4.98 Å². The van der Waals surface area contributed by atoms with Gasteiger partial charge in [-0.15, -0.1) is 11.8 Å². The molecule has 3 nitrogen and oxygen atoms in total. The van der Waals surface area contributed by atoms with Crippen molar-refractivity contribution in [2.45, 2.75) is 11.2 Å². The predicted molar refractivity (Wildman–Crippen MR) is 81.3 cm³/mol. The SMILES string of the molecule is N#CC(c1ccncc1)C(SCCO)c1ccccc1. The Morgan fingerprint density at radius 2 is 1.80 bits per heavy atom. The largest absolute Gasteiger partial charge is 0.396 e. The van der Waals surface area contributed by atoms with Crippen molar-refractivity contribution < 1.29 is 5.11 Å². The molecule has 1 heterocycles. The lowest BCUT2D eigenvalue weighted by Gasteiger charge is -2.22. The van der Waals surface area contributed by atoms with E-state index in [1.54, 1.807) is 24.2 Å². The molecule has 0 aliphatic heterocycles. The zero-order chi connectivity index (χ0) is 14.2. The standard InChI is InChI=1S/C16H16N2OS/c17-12-15(13-6-8-18-9-7-13)16(20-11-10-19)14-4-2-1-3-5-14/h1-9,15-16,19H,10-11H2. The van der Waals surface area contributed by atoms with Crippen LogP contribution in [0, 0.1) is 11.3 Å². The molecule has 0 saturated heterocycles. The highest BCUT2D eigenvalue weighted by Crippen LogP contribution is 2.40. The van der Waals surface area contributed by atoms with E-state index in [9.17, 15) is 5.26 Å². The molecule has 0 saturated carbocycles. The van der Waals surface area contributed by atoms with E-state index in [0.29, 0.717) is 5.75 Å². The Morgan fingerprint density at radius 3 is 2.40 bits per heavy atom. The molecule has 0 spiro atoms. The number of thioether (sulfide) groups is 1. The summed E-state index contributed by atoms with van der Waals surface area (Å²) in [4.78, 5) is 4.00. The van der Waals surface area contributed by atoms with Gasteiger partial charge in [-0.25, -0.2) is 0 Å². The minimum absolute atomic E-state index is 0.00995. The number of nitrogens with zero attached hydrogens (tertiary/aromatic N) is 2. The van der Waals surface area contributed by atoms with Crippen molar-refractivity contribution in [2.75, 3.05) is 12.4 Å². The fraction of sp³-hybridized carbons (Fsp3) is 0.250. The maximum absolute atomic E-state index is 9.56. The number of aromatic nitrogens is 1. The molecule has 0 aliphatic carbocycles. The number of hydrogen-bond acceptors (Lipinski definition) is 4. The Balaban J connectivity index is 2.32. The first-order valence-corrected chi connectivity index (χ1v) is 7.48. The van der Waals surface area contributed by atoms with Crippen LogP contribution in [0.15, 0.2) is 54.9 Å². The third kappa shape index (κ3) is 3.60. The normalized spacial score (nSPS) is 13.4. The van der Waals surface area contributed by atoms with Crippen LogP contribution in [0.2, 0.25) is 0 Å². The zero-order valence-electron chi connectivity index (χ0n) is 11.0. The fourth-order valence-corrected chi connectivity index (χ4v) is 3.21. The van der Waals surface area contributed by atoms with Crippen molar-refractivity contribution in [2.24, 2.45) is 0 Å². The molecular weight excluding hydrogens is 268 g/mol. The van der Waals surface area contributed by atoms with E-state index in [4.69, 9.17) is 5.11 Å². The highest BCUT2D eigenvalue weighted by molar-refractivity contribution is 7.99. The molecule has 1 aromatic carbocycles. The lowest BCUT2D eigenvalue weighted by molar-refractivity contribution is 0.322. The second-order valence-corrected chi connectivity index (χ2v) is 5.56. The predicted octanol–water partition coefficient (Wildman–Crippen LogP) is 3.16. The van der Waals surface area contributed by atoms with E-state index < -0.39 is 0 Å². The molecule has 1 N–H and O–H groups in total. The van der Waals surface area contributed by atoms with Gasteiger partial charge in [-0.1, -0.05) is 30.3 Å². The van der Waals surface area contributed by atoms with Gasteiger partial charge in [0.15, 0.2) is 0 Å². The average Bonchev–Trinajstić information content (AvgIpc) is 2.53. The molecule has 2 aromatic rings. The summed E-state index contributed by atoms with van der Waals surface area (Å²) in [5, 5.41) is 18.6.